The monoisotopic (exact) mass is 380 g/mol. The summed E-state index contributed by atoms with van der Waals surface area (Å²) in [6.07, 6.45) is 9.33. The number of hydrogen-bond acceptors (Lipinski definition) is 3. The van der Waals surface area contributed by atoms with Crippen molar-refractivity contribution in [3.8, 4) is 0 Å². The molecule has 2 heterocycles. The molecule has 0 aliphatic heterocycles. The van der Waals surface area contributed by atoms with Gasteiger partial charge in [-0.2, -0.15) is 5.10 Å². The van der Waals surface area contributed by atoms with Gasteiger partial charge in [0.25, 0.3) is 5.91 Å². The lowest BCUT2D eigenvalue weighted by Crippen LogP contribution is -2.16. The Bertz CT molecular complexity index is 1030. The summed E-state index contributed by atoms with van der Waals surface area (Å²) in [5.41, 5.74) is 3.04. The Morgan fingerprint density at radius 2 is 2.00 bits per heavy atom. The maximum Gasteiger partial charge on any atom is 0.323 e. The lowest BCUT2D eigenvalue weighted by molar-refractivity contribution is -0.137. The Morgan fingerprint density at radius 1 is 1.21 bits per heavy atom. The molecule has 0 radical (unpaired) electrons. The maximum absolute atomic E-state index is 12.9. The number of carbonyl (C=O) groups is 2. The minimum Gasteiger partial charge on any atom is -0.480 e. The fourth-order valence-electron chi connectivity index (χ4n) is 4.12. The number of rotatable bonds is 5. The second-order valence-corrected chi connectivity index (χ2v) is 7.50. The van der Waals surface area contributed by atoms with Gasteiger partial charge in [-0.1, -0.05) is 19.3 Å². The van der Waals surface area contributed by atoms with Crippen molar-refractivity contribution in [2.45, 2.75) is 44.6 Å². The van der Waals surface area contributed by atoms with Crippen LogP contribution in [0.4, 0.5) is 5.69 Å². The molecule has 4 rings (SSSR count). The summed E-state index contributed by atoms with van der Waals surface area (Å²) in [5.74, 6) is -0.692. The van der Waals surface area contributed by atoms with Gasteiger partial charge in [-0.15, -0.1) is 0 Å². The first-order valence-electron chi connectivity index (χ1n) is 9.67. The first kappa shape index (κ1) is 18.3. The van der Waals surface area contributed by atoms with Gasteiger partial charge in [0.15, 0.2) is 0 Å². The van der Waals surface area contributed by atoms with Crippen LogP contribution in [0, 0.1) is 0 Å². The highest BCUT2D eigenvalue weighted by Crippen LogP contribution is 2.33. The highest BCUT2D eigenvalue weighted by atomic mass is 16.4. The number of aromatic nitrogens is 3. The molecule has 1 aliphatic carbocycles. The van der Waals surface area contributed by atoms with E-state index in [1.165, 1.54) is 19.3 Å². The second-order valence-electron chi connectivity index (χ2n) is 7.50. The van der Waals surface area contributed by atoms with Crippen molar-refractivity contribution in [3.05, 3.63) is 47.9 Å². The topological polar surface area (TPSA) is 89.2 Å². The van der Waals surface area contributed by atoms with E-state index < -0.39 is 5.97 Å². The molecule has 1 fully saturated rings. The highest BCUT2D eigenvalue weighted by Gasteiger charge is 2.25. The summed E-state index contributed by atoms with van der Waals surface area (Å²) in [6.45, 7) is -0.0877. The van der Waals surface area contributed by atoms with E-state index in [1.54, 1.807) is 27.7 Å². The van der Waals surface area contributed by atoms with E-state index in [2.05, 4.69) is 10.4 Å². The van der Waals surface area contributed by atoms with Crippen LogP contribution in [0.1, 0.15) is 54.1 Å². The molecule has 3 aromatic rings. The molecule has 1 aromatic carbocycles. The van der Waals surface area contributed by atoms with E-state index in [9.17, 15) is 9.59 Å². The molecule has 7 nitrogen and oxygen atoms in total. The third-order valence-electron chi connectivity index (χ3n) is 5.43. The van der Waals surface area contributed by atoms with Crippen LogP contribution in [0.5, 0.6) is 0 Å². The van der Waals surface area contributed by atoms with Crippen LogP contribution >= 0.6 is 0 Å². The largest absolute Gasteiger partial charge is 0.480 e. The number of anilines is 1. The molecule has 0 bridgehead atoms. The van der Waals surface area contributed by atoms with E-state index in [0.717, 1.165) is 29.4 Å². The quantitative estimate of drug-likeness (QED) is 0.705. The smallest absolute Gasteiger partial charge is 0.323 e. The molecule has 0 atom stereocenters. The lowest BCUT2D eigenvalue weighted by atomic mass is 9.85. The van der Waals surface area contributed by atoms with Crippen LogP contribution < -0.4 is 5.32 Å². The Morgan fingerprint density at radius 3 is 2.75 bits per heavy atom. The van der Waals surface area contributed by atoms with Crippen LogP contribution in [0.15, 0.2) is 36.7 Å². The van der Waals surface area contributed by atoms with Crippen LogP contribution in [0.2, 0.25) is 0 Å². The molecule has 1 aliphatic rings. The number of carboxylic acids is 1. The molecule has 0 saturated heterocycles. The Hall–Kier alpha value is -3.09. The van der Waals surface area contributed by atoms with Crippen LogP contribution in [-0.2, 0) is 18.4 Å². The molecule has 146 valence electrons. The van der Waals surface area contributed by atoms with Crippen LogP contribution in [0.3, 0.4) is 0 Å². The van der Waals surface area contributed by atoms with E-state index in [4.69, 9.17) is 5.11 Å². The molecule has 28 heavy (non-hydrogen) atoms. The number of aliphatic carboxylic acids is 1. The van der Waals surface area contributed by atoms with Gasteiger partial charge in [0.1, 0.15) is 6.54 Å². The fourth-order valence-corrected chi connectivity index (χ4v) is 4.12. The molecular formula is C21H24N4O3. The summed E-state index contributed by atoms with van der Waals surface area (Å²) in [6, 6.07) is 7.35. The van der Waals surface area contributed by atoms with Crippen molar-refractivity contribution in [3.63, 3.8) is 0 Å². The van der Waals surface area contributed by atoms with Crippen molar-refractivity contribution in [2.24, 2.45) is 7.05 Å². The lowest BCUT2D eigenvalue weighted by Gasteiger charge is -2.20. The molecule has 0 spiro atoms. The number of carbonyl (C=O) groups excluding carboxylic acids is 1. The predicted molar refractivity (Wildman–Crippen MR) is 107 cm³/mol. The first-order chi connectivity index (χ1) is 13.5. The molecule has 1 saturated carbocycles. The summed E-state index contributed by atoms with van der Waals surface area (Å²) in [4.78, 5) is 23.9. The Balaban J connectivity index is 1.56. The van der Waals surface area contributed by atoms with Gasteiger partial charge >= 0.3 is 5.97 Å². The van der Waals surface area contributed by atoms with Gasteiger partial charge in [-0.3, -0.25) is 14.3 Å². The number of benzene rings is 1. The third kappa shape index (κ3) is 3.65. The standard InChI is InChI=1S/C21H24N4O3/c1-24-12-17(20(23-24)14-5-3-2-4-6-14)21(28)22-16-7-8-18-15(11-16)9-10-25(18)13-19(26)27/h7-12,14H,2-6,13H2,1H3,(H,22,28)(H,26,27). The number of nitrogens with one attached hydrogen (secondary N) is 1. The molecule has 7 heteroatoms. The van der Waals surface area contributed by atoms with E-state index >= 15 is 0 Å². The number of nitrogens with zero attached hydrogens (tertiary/aromatic N) is 3. The molecule has 2 aromatic heterocycles. The molecular weight excluding hydrogens is 356 g/mol. The van der Waals surface area contributed by atoms with Crippen molar-refractivity contribution in [1.29, 1.82) is 0 Å². The number of amides is 1. The molecule has 1 amide bonds. The molecule has 2 N–H and O–H groups in total. The van der Waals surface area contributed by atoms with Crippen LogP contribution in [0.25, 0.3) is 10.9 Å². The summed E-state index contributed by atoms with van der Waals surface area (Å²) in [7, 11) is 1.85. The number of fused-ring (bicyclic) bond motifs is 1. The first-order valence-corrected chi connectivity index (χ1v) is 9.67. The van der Waals surface area contributed by atoms with E-state index in [1.807, 2.05) is 25.2 Å². The summed E-state index contributed by atoms with van der Waals surface area (Å²) >= 11 is 0. The van der Waals surface area contributed by atoms with Gasteiger partial charge in [0.2, 0.25) is 0 Å². The van der Waals surface area contributed by atoms with Gasteiger partial charge in [0, 0.05) is 41.9 Å². The normalized spacial score (nSPS) is 15.0. The van der Waals surface area contributed by atoms with E-state index in [-0.39, 0.29) is 12.5 Å². The zero-order valence-corrected chi connectivity index (χ0v) is 15.9. The highest BCUT2D eigenvalue weighted by molar-refractivity contribution is 6.05. The van der Waals surface area contributed by atoms with Gasteiger partial charge in [-0.05, 0) is 37.1 Å². The molecule has 0 unspecified atom stereocenters. The minimum absolute atomic E-state index is 0.0877. The van der Waals surface area contributed by atoms with Gasteiger partial charge < -0.3 is 15.0 Å². The van der Waals surface area contributed by atoms with Crippen molar-refractivity contribution in [1.82, 2.24) is 14.3 Å². The number of carboxylic acid groups (broad SMARTS) is 1. The van der Waals surface area contributed by atoms with Crippen molar-refractivity contribution < 1.29 is 14.7 Å². The average molecular weight is 380 g/mol. The van der Waals surface area contributed by atoms with Gasteiger partial charge in [-0.25, -0.2) is 0 Å². The number of hydrogen-bond donors (Lipinski definition) is 2. The average Bonchev–Trinajstić information content (AvgIpc) is 3.25. The maximum atomic E-state index is 12.9. The number of aryl methyl sites for hydroxylation is 1. The minimum atomic E-state index is -0.887. The Labute approximate surface area is 163 Å². The second kappa shape index (κ2) is 7.50. The van der Waals surface area contributed by atoms with E-state index in [0.29, 0.717) is 17.2 Å². The van der Waals surface area contributed by atoms with Crippen molar-refractivity contribution in [2.75, 3.05) is 5.32 Å². The summed E-state index contributed by atoms with van der Waals surface area (Å²) in [5, 5.41) is 17.4. The zero-order chi connectivity index (χ0) is 19.7. The predicted octanol–water partition coefficient (Wildman–Crippen LogP) is 3.76. The van der Waals surface area contributed by atoms with Crippen LogP contribution in [-0.4, -0.2) is 31.3 Å². The van der Waals surface area contributed by atoms with Gasteiger partial charge in [0.05, 0.1) is 11.3 Å². The van der Waals surface area contributed by atoms with Crippen molar-refractivity contribution >= 4 is 28.5 Å². The fraction of sp³-hybridized carbons (Fsp3) is 0.381. The Kier molecular flexibility index (Phi) is 4.90. The summed E-state index contributed by atoms with van der Waals surface area (Å²) < 4.78 is 3.39. The zero-order valence-electron chi connectivity index (χ0n) is 15.9. The SMILES string of the molecule is Cn1cc(C(=O)Nc2ccc3c(ccn3CC(=O)O)c2)c(C2CCCCC2)n1. The third-order valence-corrected chi connectivity index (χ3v) is 5.43.